The first-order valence-electron chi connectivity index (χ1n) is 4.47. The van der Waals surface area contributed by atoms with Gasteiger partial charge >= 0.3 is 0 Å². The van der Waals surface area contributed by atoms with E-state index in [0.717, 1.165) is 23.5 Å². The van der Waals surface area contributed by atoms with Crippen molar-refractivity contribution in [3.05, 3.63) is 36.7 Å². The zero-order valence-electron chi connectivity index (χ0n) is 7.88. The summed E-state index contributed by atoms with van der Waals surface area (Å²) in [6.07, 6.45) is 7.45. The maximum atomic E-state index is 4.17. The topological polar surface area (TPSA) is 51.6 Å². The monoisotopic (exact) mass is 186 g/mol. The highest BCUT2D eigenvalue weighted by Gasteiger charge is 2.01. The van der Waals surface area contributed by atoms with Crippen LogP contribution in [-0.4, -0.2) is 19.9 Å². The van der Waals surface area contributed by atoms with Gasteiger partial charge in [0.2, 0.25) is 0 Å². The lowest BCUT2D eigenvalue weighted by atomic mass is 10.2. The van der Waals surface area contributed by atoms with E-state index in [9.17, 15) is 0 Å². The van der Waals surface area contributed by atoms with Gasteiger partial charge in [0.1, 0.15) is 12.0 Å². The Bertz CT molecular complexity index is 413. The maximum absolute atomic E-state index is 4.17. The van der Waals surface area contributed by atoms with E-state index in [4.69, 9.17) is 0 Å². The molecule has 2 rings (SSSR count). The van der Waals surface area contributed by atoms with Crippen LogP contribution in [0.25, 0.3) is 11.4 Å². The fourth-order valence-electron chi connectivity index (χ4n) is 1.16. The molecular weight excluding hydrogens is 176 g/mol. The molecule has 0 radical (unpaired) electrons. The fourth-order valence-corrected chi connectivity index (χ4v) is 1.16. The Labute approximate surface area is 82.1 Å². The number of nitrogens with zero attached hydrogens (tertiary/aromatic N) is 4. The second-order valence-corrected chi connectivity index (χ2v) is 2.84. The summed E-state index contributed by atoms with van der Waals surface area (Å²) in [6, 6.07) is 1.93. The predicted molar refractivity (Wildman–Crippen MR) is 52.4 cm³/mol. The summed E-state index contributed by atoms with van der Waals surface area (Å²) >= 11 is 0. The minimum Gasteiger partial charge on any atom is -0.261 e. The third-order valence-corrected chi connectivity index (χ3v) is 1.91. The molecule has 4 heteroatoms. The molecule has 14 heavy (non-hydrogen) atoms. The smallest absolute Gasteiger partial charge is 0.116 e. The molecule has 0 atom stereocenters. The lowest BCUT2D eigenvalue weighted by molar-refractivity contribution is 0.996. The van der Waals surface area contributed by atoms with Crippen LogP contribution in [0.4, 0.5) is 0 Å². The molecule has 0 unspecified atom stereocenters. The molecule has 0 aromatic carbocycles. The van der Waals surface area contributed by atoms with E-state index >= 15 is 0 Å². The standard InChI is InChI=1S/C10H10N4/c1-2-8-5-9(14-7-13-8)10-6-11-3-4-12-10/h3-7H,2H2,1H3. The zero-order chi connectivity index (χ0) is 9.80. The Morgan fingerprint density at radius 3 is 2.71 bits per heavy atom. The van der Waals surface area contributed by atoms with E-state index in [1.807, 2.05) is 6.07 Å². The van der Waals surface area contributed by atoms with Gasteiger partial charge in [-0.15, -0.1) is 0 Å². The first kappa shape index (κ1) is 8.74. The fraction of sp³-hybridized carbons (Fsp3) is 0.200. The summed E-state index contributed by atoms with van der Waals surface area (Å²) in [5, 5.41) is 0. The molecule has 0 saturated carbocycles. The van der Waals surface area contributed by atoms with Crippen LogP contribution in [0.15, 0.2) is 31.0 Å². The van der Waals surface area contributed by atoms with Gasteiger partial charge in [-0.2, -0.15) is 0 Å². The molecule has 0 aliphatic heterocycles. The normalized spacial score (nSPS) is 10.1. The first-order valence-corrected chi connectivity index (χ1v) is 4.47. The van der Waals surface area contributed by atoms with Crippen molar-refractivity contribution in [1.29, 1.82) is 0 Å². The lowest BCUT2D eigenvalue weighted by Gasteiger charge is -1.99. The van der Waals surface area contributed by atoms with Crippen molar-refractivity contribution in [1.82, 2.24) is 19.9 Å². The Balaban J connectivity index is 2.42. The van der Waals surface area contributed by atoms with Crippen molar-refractivity contribution in [3.8, 4) is 11.4 Å². The van der Waals surface area contributed by atoms with Gasteiger partial charge in [-0.25, -0.2) is 9.97 Å². The van der Waals surface area contributed by atoms with Crippen LogP contribution < -0.4 is 0 Å². The van der Waals surface area contributed by atoms with Crippen LogP contribution in [0.1, 0.15) is 12.6 Å². The highest BCUT2D eigenvalue weighted by Crippen LogP contribution is 2.12. The van der Waals surface area contributed by atoms with Crippen LogP contribution in [0, 0.1) is 0 Å². The van der Waals surface area contributed by atoms with Crippen LogP contribution in [-0.2, 0) is 6.42 Å². The largest absolute Gasteiger partial charge is 0.261 e. The van der Waals surface area contributed by atoms with Crippen molar-refractivity contribution in [3.63, 3.8) is 0 Å². The Morgan fingerprint density at radius 2 is 2.00 bits per heavy atom. The summed E-state index contributed by atoms with van der Waals surface area (Å²) in [5.74, 6) is 0. The zero-order valence-corrected chi connectivity index (χ0v) is 7.88. The summed E-state index contributed by atoms with van der Waals surface area (Å²) in [4.78, 5) is 16.4. The van der Waals surface area contributed by atoms with Crippen molar-refractivity contribution in [2.45, 2.75) is 13.3 Å². The molecule has 4 nitrogen and oxygen atoms in total. The van der Waals surface area contributed by atoms with E-state index in [2.05, 4.69) is 26.9 Å². The third kappa shape index (κ3) is 1.74. The van der Waals surface area contributed by atoms with Crippen LogP contribution in [0.5, 0.6) is 0 Å². The van der Waals surface area contributed by atoms with Gasteiger partial charge in [0.05, 0.1) is 11.9 Å². The Morgan fingerprint density at radius 1 is 1.07 bits per heavy atom. The summed E-state index contributed by atoms with van der Waals surface area (Å²) in [7, 11) is 0. The number of aromatic nitrogens is 4. The highest BCUT2D eigenvalue weighted by atomic mass is 14.9. The van der Waals surface area contributed by atoms with E-state index in [0.29, 0.717) is 0 Å². The second-order valence-electron chi connectivity index (χ2n) is 2.84. The van der Waals surface area contributed by atoms with Crippen LogP contribution >= 0.6 is 0 Å². The first-order chi connectivity index (χ1) is 6.90. The van der Waals surface area contributed by atoms with Gasteiger partial charge < -0.3 is 0 Å². The summed E-state index contributed by atoms with van der Waals surface area (Å²) in [5.41, 5.74) is 2.62. The van der Waals surface area contributed by atoms with Gasteiger partial charge in [0, 0.05) is 18.1 Å². The van der Waals surface area contributed by atoms with Gasteiger partial charge in [-0.05, 0) is 12.5 Å². The number of rotatable bonds is 2. The molecule has 0 amide bonds. The van der Waals surface area contributed by atoms with E-state index in [1.165, 1.54) is 0 Å². The quantitative estimate of drug-likeness (QED) is 0.713. The van der Waals surface area contributed by atoms with Crippen LogP contribution in [0.3, 0.4) is 0 Å². The third-order valence-electron chi connectivity index (χ3n) is 1.91. The van der Waals surface area contributed by atoms with Gasteiger partial charge in [-0.1, -0.05) is 6.92 Å². The molecule has 2 aromatic heterocycles. The number of aryl methyl sites for hydroxylation is 1. The van der Waals surface area contributed by atoms with E-state index in [1.54, 1.807) is 24.9 Å². The average molecular weight is 186 g/mol. The molecule has 2 heterocycles. The molecule has 0 bridgehead atoms. The Hall–Kier alpha value is -1.84. The van der Waals surface area contributed by atoms with Crippen molar-refractivity contribution in [2.75, 3.05) is 0 Å². The lowest BCUT2D eigenvalue weighted by Crippen LogP contribution is -1.93. The SMILES string of the molecule is CCc1cc(-c2cnccn2)ncn1. The molecule has 0 aliphatic rings. The Kier molecular flexibility index (Phi) is 2.44. The van der Waals surface area contributed by atoms with Crippen molar-refractivity contribution < 1.29 is 0 Å². The minimum atomic E-state index is 0.782. The second kappa shape index (κ2) is 3.91. The molecule has 0 spiro atoms. The van der Waals surface area contributed by atoms with E-state index in [-0.39, 0.29) is 0 Å². The molecule has 0 aliphatic carbocycles. The van der Waals surface area contributed by atoms with Crippen LogP contribution in [0.2, 0.25) is 0 Å². The molecule has 2 aromatic rings. The number of hydrogen-bond donors (Lipinski definition) is 0. The molecular formula is C10H10N4. The molecule has 70 valence electrons. The number of hydrogen-bond acceptors (Lipinski definition) is 4. The minimum absolute atomic E-state index is 0.782. The highest BCUT2D eigenvalue weighted by molar-refractivity contribution is 5.52. The maximum Gasteiger partial charge on any atom is 0.116 e. The molecule has 0 saturated heterocycles. The van der Waals surface area contributed by atoms with Gasteiger partial charge in [0.15, 0.2) is 0 Å². The van der Waals surface area contributed by atoms with Gasteiger partial charge in [0.25, 0.3) is 0 Å². The van der Waals surface area contributed by atoms with E-state index < -0.39 is 0 Å². The van der Waals surface area contributed by atoms with Crippen molar-refractivity contribution >= 4 is 0 Å². The molecule has 0 fully saturated rings. The summed E-state index contributed by atoms with van der Waals surface area (Å²) < 4.78 is 0. The average Bonchev–Trinajstić information content (AvgIpc) is 2.30. The van der Waals surface area contributed by atoms with Gasteiger partial charge in [-0.3, -0.25) is 9.97 Å². The predicted octanol–water partition coefficient (Wildman–Crippen LogP) is 1.50. The van der Waals surface area contributed by atoms with Crippen molar-refractivity contribution in [2.24, 2.45) is 0 Å². The summed E-state index contributed by atoms with van der Waals surface area (Å²) in [6.45, 7) is 2.06. The molecule has 0 N–H and O–H groups in total.